The Morgan fingerprint density at radius 2 is 1.90 bits per heavy atom. The zero-order valence-electron chi connectivity index (χ0n) is 5.98. The van der Waals surface area contributed by atoms with Crippen LogP contribution in [0.25, 0.3) is 0 Å². The Morgan fingerprint density at radius 3 is 2.00 bits per heavy atom. The first kappa shape index (κ1) is 9.63. The van der Waals surface area contributed by atoms with Crippen molar-refractivity contribution >= 4 is 7.60 Å². The van der Waals surface area contributed by atoms with E-state index >= 15 is 0 Å². The Kier molecular flexibility index (Phi) is 3.58. The highest BCUT2D eigenvalue weighted by Crippen LogP contribution is 2.45. The second-order valence-corrected chi connectivity index (χ2v) is 3.36. The molecule has 0 heterocycles. The molecule has 0 radical (unpaired) electrons. The van der Waals surface area contributed by atoms with Crippen LogP contribution in [0.1, 0.15) is 13.8 Å². The Bertz CT molecular complexity index is 199. The average Bonchev–Trinajstić information content (AvgIpc) is 1.80. The van der Waals surface area contributed by atoms with Gasteiger partial charge in [-0.1, -0.05) is 18.2 Å². The largest absolute Gasteiger partial charge is 0.355 e. The molecule has 0 amide bonds. The summed E-state index contributed by atoms with van der Waals surface area (Å²) in [6.07, 6.45) is 4.40. The molecule has 0 aliphatic heterocycles. The Balaban J connectivity index is 4.57. The third-order valence-corrected chi connectivity index (χ3v) is 2.05. The molecule has 10 heavy (non-hydrogen) atoms. The molecule has 0 aliphatic carbocycles. The van der Waals surface area contributed by atoms with Crippen molar-refractivity contribution < 1.29 is 14.4 Å². The first-order chi connectivity index (χ1) is 4.52. The molecule has 0 aromatic heterocycles. The van der Waals surface area contributed by atoms with Crippen LogP contribution in [0.2, 0.25) is 0 Å². The van der Waals surface area contributed by atoms with Crippen molar-refractivity contribution in [2.45, 2.75) is 13.8 Å². The SMILES string of the molecule is C/C=C(/C=C/C)P(=O)(O)O. The standard InChI is InChI=1S/C6H11O3P/c1-3-5-6(4-2)10(7,8)9/h3-5H,1-2H3,(H2,7,8,9)/b5-3+,6-4-. The molecule has 58 valence electrons. The summed E-state index contributed by atoms with van der Waals surface area (Å²) < 4.78 is 10.5. The molecular weight excluding hydrogens is 151 g/mol. The fourth-order valence-electron chi connectivity index (χ4n) is 0.532. The minimum Gasteiger partial charge on any atom is -0.321 e. The van der Waals surface area contributed by atoms with E-state index in [1.54, 1.807) is 19.9 Å². The first-order valence-corrected chi connectivity index (χ1v) is 4.48. The fourth-order valence-corrected chi connectivity index (χ4v) is 1.21. The lowest BCUT2D eigenvalue weighted by atomic mass is 10.4. The van der Waals surface area contributed by atoms with Gasteiger partial charge in [-0.05, 0) is 13.8 Å². The van der Waals surface area contributed by atoms with Gasteiger partial charge in [0, 0.05) is 0 Å². The summed E-state index contributed by atoms with van der Waals surface area (Å²) in [7, 11) is -4.02. The number of hydrogen-bond acceptors (Lipinski definition) is 1. The summed E-state index contributed by atoms with van der Waals surface area (Å²) in [5.74, 6) is 0. The number of hydrogen-bond donors (Lipinski definition) is 2. The average molecular weight is 162 g/mol. The van der Waals surface area contributed by atoms with Crippen LogP contribution in [0.5, 0.6) is 0 Å². The lowest BCUT2D eigenvalue weighted by molar-refractivity contribution is 0.383. The molecule has 0 aromatic carbocycles. The van der Waals surface area contributed by atoms with Gasteiger partial charge >= 0.3 is 7.60 Å². The van der Waals surface area contributed by atoms with E-state index < -0.39 is 7.60 Å². The van der Waals surface area contributed by atoms with Crippen LogP contribution in [0.4, 0.5) is 0 Å². The van der Waals surface area contributed by atoms with E-state index in [0.717, 1.165) is 0 Å². The molecular formula is C6H11O3P. The summed E-state index contributed by atoms with van der Waals surface area (Å²) >= 11 is 0. The predicted molar refractivity (Wildman–Crippen MR) is 40.6 cm³/mol. The van der Waals surface area contributed by atoms with Gasteiger partial charge in [0.05, 0.1) is 5.31 Å². The van der Waals surface area contributed by atoms with Gasteiger partial charge in [-0.25, -0.2) is 0 Å². The molecule has 0 fully saturated rings. The highest BCUT2D eigenvalue weighted by Gasteiger charge is 2.15. The van der Waals surface area contributed by atoms with Gasteiger partial charge in [0.15, 0.2) is 0 Å². The third-order valence-electron chi connectivity index (χ3n) is 0.970. The highest BCUT2D eigenvalue weighted by atomic mass is 31.2. The lowest BCUT2D eigenvalue weighted by Gasteiger charge is -2.01. The van der Waals surface area contributed by atoms with Gasteiger partial charge in [0.2, 0.25) is 0 Å². The second-order valence-electron chi connectivity index (χ2n) is 1.76. The van der Waals surface area contributed by atoms with Crippen LogP contribution in [0, 0.1) is 0 Å². The van der Waals surface area contributed by atoms with E-state index in [4.69, 9.17) is 9.79 Å². The van der Waals surface area contributed by atoms with E-state index in [1.807, 2.05) is 0 Å². The van der Waals surface area contributed by atoms with Crippen molar-refractivity contribution in [1.29, 1.82) is 0 Å². The number of rotatable bonds is 2. The molecule has 0 saturated carbocycles. The molecule has 0 unspecified atom stereocenters. The van der Waals surface area contributed by atoms with Gasteiger partial charge in [-0.3, -0.25) is 4.57 Å². The van der Waals surface area contributed by atoms with Crippen LogP contribution in [-0.4, -0.2) is 9.79 Å². The van der Waals surface area contributed by atoms with Crippen molar-refractivity contribution in [1.82, 2.24) is 0 Å². The second kappa shape index (κ2) is 3.71. The maximum atomic E-state index is 10.5. The summed E-state index contributed by atoms with van der Waals surface area (Å²) in [5, 5.41) is 0.0648. The zero-order chi connectivity index (χ0) is 8.20. The molecule has 4 heteroatoms. The maximum Gasteiger partial charge on any atom is 0.355 e. The molecule has 3 nitrogen and oxygen atoms in total. The quantitative estimate of drug-likeness (QED) is 0.479. The molecule has 0 spiro atoms. The number of allylic oxidation sites excluding steroid dienone is 4. The van der Waals surface area contributed by atoms with Crippen LogP contribution in [0.3, 0.4) is 0 Å². The minimum absolute atomic E-state index is 0.0648. The highest BCUT2D eigenvalue weighted by molar-refractivity contribution is 7.56. The van der Waals surface area contributed by atoms with E-state index in [9.17, 15) is 4.57 Å². The third kappa shape index (κ3) is 2.97. The van der Waals surface area contributed by atoms with Gasteiger partial charge in [-0.15, -0.1) is 0 Å². The van der Waals surface area contributed by atoms with Gasteiger partial charge in [-0.2, -0.15) is 0 Å². The van der Waals surface area contributed by atoms with E-state index in [-0.39, 0.29) is 5.31 Å². The van der Waals surface area contributed by atoms with Crippen molar-refractivity contribution in [3.05, 3.63) is 23.5 Å². The molecule has 0 rings (SSSR count). The topological polar surface area (TPSA) is 57.5 Å². The maximum absolute atomic E-state index is 10.5. The summed E-state index contributed by atoms with van der Waals surface area (Å²) in [5.41, 5.74) is 0. The molecule has 0 aromatic rings. The smallest absolute Gasteiger partial charge is 0.321 e. The first-order valence-electron chi connectivity index (χ1n) is 2.87. The van der Waals surface area contributed by atoms with Crippen molar-refractivity contribution in [2.24, 2.45) is 0 Å². The van der Waals surface area contributed by atoms with E-state index in [0.29, 0.717) is 0 Å². The Labute approximate surface area is 60.2 Å². The monoisotopic (exact) mass is 162 g/mol. The van der Waals surface area contributed by atoms with Crippen LogP contribution < -0.4 is 0 Å². The Hall–Kier alpha value is -0.370. The summed E-state index contributed by atoms with van der Waals surface area (Å²) in [4.78, 5) is 17.2. The van der Waals surface area contributed by atoms with Gasteiger partial charge in [0.1, 0.15) is 0 Å². The van der Waals surface area contributed by atoms with Crippen LogP contribution >= 0.6 is 7.60 Å². The van der Waals surface area contributed by atoms with Crippen molar-refractivity contribution in [3.63, 3.8) is 0 Å². The molecule has 0 aliphatic rings. The normalized spacial score (nSPS) is 14.6. The van der Waals surface area contributed by atoms with Crippen molar-refractivity contribution in [3.8, 4) is 0 Å². The van der Waals surface area contributed by atoms with Gasteiger partial charge < -0.3 is 9.79 Å². The zero-order valence-corrected chi connectivity index (χ0v) is 6.88. The van der Waals surface area contributed by atoms with Crippen LogP contribution in [-0.2, 0) is 4.57 Å². The van der Waals surface area contributed by atoms with Crippen molar-refractivity contribution in [2.75, 3.05) is 0 Å². The predicted octanol–water partition coefficient (Wildman–Crippen LogP) is 1.64. The molecule has 2 N–H and O–H groups in total. The molecule has 0 bridgehead atoms. The van der Waals surface area contributed by atoms with Crippen LogP contribution in [0.15, 0.2) is 23.5 Å². The lowest BCUT2D eigenvalue weighted by Crippen LogP contribution is -1.79. The van der Waals surface area contributed by atoms with E-state index in [2.05, 4.69) is 0 Å². The Morgan fingerprint density at radius 1 is 1.40 bits per heavy atom. The molecule has 0 atom stereocenters. The van der Waals surface area contributed by atoms with Gasteiger partial charge in [0.25, 0.3) is 0 Å². The summed E-state index contributed by atoms with van der Waals surface area (Å²) in [6, 6.07) is 0. The molecule has 0 saturated heterocycles. The fraction of sp³-hybridized carbons (Fsp3) is 0.333. The summed E-state index contributed by atoms with van der Waals surface area (Å²) in [6.45, 7) is 3.30. The van der Waals surface area contributed by atoms with E-state index in [1.165, 1.54) is 12.2 Å². The minimum atomic E-state index is -4.02.